The Hall–Kier alpha value is -1.75. The molecule has 0 bridgehead atoms. The normalized spacial score (nSPS) is 27.9. The van der Waals surface area contributed by atoms with Crippen LogP contribution in [0.5, 0.6) is 5.75 Å². The smallest absolute Gasteiger partial charge is 0.416 e. The fourth-order valence-electron chi connectivity index (χ4n) is 3.05. The van der Waals surface area contributed by atoms with Crippen LogP contribution < -0.4 is 9.64 Å². The van der Waals surface area contributed by atoms with E-state index >= 15 is 0 Å². The van der Waals surface area contributed by atoms with Gasteiger partial charge in [0, 0.05) is 5.41 Å². The van der Waals surface area contributed by atoms with Gasteiger partial charge in [-0.25, -0.2) is 9.69 Å². The van der Waals surface area contributed by atoms with E-state index in [-0.39, 0.29) is 17.7 Å². The maximum atomic E-state index is 12.0. The van der Waals surface area contributed by atoms with Crippen molar-refractivity contribution in [2.24, 2.45) is 0 Å². The molecule has 3 rings (SSSR count). The number of hydrogen-bond acceptors (Lipinski definition) is 4. The molecule has 5 heteroatoms. The lowest BCUT2D eigenvalue weighted by atomic mass is 9.82. The molecule has 1 aromatic carbocycles. The first-order valence-corrected chi connectivity index (χ1v) is 6.29. The number of carbonyl (C=O) groups excluding carboxylic acids is 1. The predicted octanol–water partition coefficient (Wildman–Crippen LogP) is 2.29. The molecule has 0 radical (unpaired) electrons. The van der Waals surface area contributed by atoms with Gasteiger partial charge in [-0.05, 0) is 30.2 Å². The van der Waals surface area contributed by atoms with E-state index in [0.717, 1.165) is 23.4 Å². The molecule has 0 N–H and O–H groups in total. The predicted molar refractivity (Wildman–Crippen MR) is 69.6 cm³/mol. The molecule has 0 aromatic heterocycles. The van der Waals surface area contributed by atoms with E-state index in [1.165, 1.54) is 7.11 Å². The second-order valence-corrected chi connectivity index (χ2v) is 5.11. The number of amides is 1. The third-order valence-corrected chi connectivity index (χ3v) is 4.13. The second-order valence-electron chi connectivity index (χ2n) is 5.11. The minimum Gasteiger partial charge on any atom is -0.497 e. The molecular weight excluding hydrogens is 246 g/mol. The number of benzene rings is 1. The van der Waals surface area contributed by atoms with E-state index in [9.17, 15) is 4.79 Å². The molecular formula is C14H17NO4. The standard InChI is InChI=1S/C14H17NO4/c1-14-6-7-19-12(14)15(13(16)18-3)11-5-4-9(17-2)8-10(11)14/h4-5,8,12H,6-7H2,1-3H3/t12-,14-/m0/s1. The van der Waals surface area contributed by atoms with Crippen molar-refractivity contribution >= 4 is 11.8 Å². The summed E-state index contributed by atoms with van der Waals surface area (Å²) in [6, 6.07) is 5.72. The Kier molecular flexibility index (Phi) is 2.67. The zero-order valence-electron chi connectivity index (χ0n) is 11.3. The monoisotopic (exact) mass is 263 g/mol. The summed E-state index contributed by atoms with van der Waals surface area (Å²) in [6.45, 7) is 2.76. The van der Waals surface area contributed by atoms with E-state index in [0.29, 0.717) is 6.61 Å². The van der Waals surface area contributed by atoms with Crippen LogP contribution in [0, 0.1) is 0 Å². The maximum absolute atomic E-state index is 12.0. The summed E-state index contributed by atoms with van der Waals surface area (Å²) in [7, 11) is 3.02. The fraction of sp³-hybridized carbons (Fsp3) is 0.500. The van der Waals surface area contributed by atoms with Crippen LogP contribution in [0.15, 0.2) is 18.2 Å². The molecule has 2 aliphatic heterocycles. The molecule has 19 heavy (non-hydrogen) atoms. The average Bonchev–Trinajstić information content (AvgIpc) is 2.91. The number of carbonyl (C=O) groups is 1. The van der Waals surface area contributed by atoms with Gasteiger partial charge in [-0.3, -0.25) is 0 Å². The van der Waals surface area contributed by atoms with Crippen molar-refractivity contribution in [2.45, 2.75) is 25.0 Å². The minimum absolute atomic E-state index is 0.196. The highest BCUT2D eigenvalue weighted by atomic mass is 16.6. The summed E-state index contributed by atoms with van der Waals surface area (Å²) < 4.78 is 15.9. The van der Waals surface area contributed by atoms with Crippen LogP contribution >= 0.6 is 0 Å². The highest BCUT2D eigenvalue weighted by Crippen LogP contribution is 2.51. The van der Waals surface area contributed by atoms with Gasteiger partial charge < -0.3 is 14.2 Å². The van der Waals surface area contributed by atoms with Gasteiger partial charge in [0.05, 0.1) is 26.5 Å². The lowest BCUT2D eigenvalue weighted by Gasteiger charge is -2.27. The van der Waals surface area contributed by atoms with Gasteiger partial charge in [-0.2, -0.15) is 0 Å². The number of anilines is 1. The molecule has 2 aliphatic rings. The Morgan fingerprint density at radius 3 is 2.95 bits per heavy atom. The molecule has 1 fully saturated rings. The van der Waals surface area contributed by atoms with Gasteiger partial charge >= 0.3 is 6.09 Å². The van der Waals surface area contributed by atoms with Crippen molar-refractivity contribution in [1.29, 1.82) is 0 Å². The second kappa shape index (κ2) is 4.13. The van der Waals surface area contributed by atoms with E-state index in [1.54, 1.807) is 12.0 Å². The molecule has 102 valence electrons. The molecule has 1 aromatic rings. The van der Waals surface area contributed by atoms with E-state index < -0.39 is 0 Å². The SMILES string of the molecule is COC(=O)N1c2ccc(OC)cc2[C@]2(C)CCO[C@H]12. The van der Waals surface area contributed by atoms with Crippen molar-refractivity contribution in [3.63, 3.8) is 0 Å². The zero-order valence-corrected chi connectivity index (χ0v) is 11.3. The van der Waals surface area contributed by atoms with Crippen LogP contribution in [0.25, 0.3) is 0 Å². The third kappa shape index (κ3) is 1.54. The highest BCUT2D eigenvalue weighted by Gasteiger charge is 2.54. The quantitative estimate of drug-likeness (QED) is 0.780. The first-order chi connectivity index (χ1) is 9.11. The summed E-state index contributed by atoms with van der Waals surface area (Å²) in [6.07, 6.45) is 0.204. The van der Waals surface area contributed by atoms with Crippen LogP contribution in [-0.2, 0) is 14.9 Å². The molecule has 0 aliphatic carbocycles. The lowest BCUT2D eigenvalue weighted by molar-refractivity contribution is 0.0816. The van der Waals surface area contributed by atoms with Crippen molar-refractivity contribution < 1.29 is 19.0 Å². The van der Waals surface area contributed by atoms with Gasteiger partial charge in [0.2, 0.25) is 0 Å². The van der Waals surface area contributed by atoms with Crippen LogP contribution in [0.4, 0.5) is 10.5 Å². The first-order valence-electron chi connectivity index (χ1n) is 6.29. The van der Waals surface area contributed by atoms with Crippen LogP contribution in [0.2, 0.25) is 0 Å². The van der Waals surface area contributed by atoms with Gasteiger partial charge in [-0.1, -0.05) is 6.92 Å². The zero-order chi connectivity index (χ0) is 13.6. The number of rotatable bonds is 1. The van der Waals surface area contributed by atoms with Crippen molar-refractivity contribution in [3.8, 4) is 5.75 Å². The first kappa shape index (κ1) is 12.3. The van der Waals surface area contributed by atoms with Gasteiger partial charge in [0.25, 0.3) is 0 Å². The number of methoxy groups -OCH3 is 2. The average molecular weight is 263 g/mol. The molecule has 2 atom stereocenters. The largest absolute Gasteiger partial charge is 0.497 e. The number of ether oxygens (including phenoxy) is 3. The van der Waals surface area contributed by atoms with Crippen molar-refractivity contribution in [1.82, 2.24) is 0 Å². The molecule has 0 spiro atoms. The van der Waals surface area contributed by atoms with Crippen LogP contribution in [0.1, 0.15) is 18.9 Å². The van der Waals surface area contributed by atoms with Gasteiger partial charge in [-0.15, -0.1) is 0 Å². The van der Waals surface area contributed by atoms with Crippen molar-refractivity contribution in [2.75, 3.05) is 25.7 Å². The Morgan fingerprint density at radius 2 is 2.26 bits per heavy atom. The number of fused-ring (bicyclic) bond motifs is 3. The maximum Gasteiger partial charge on any atom is 0.416 e. The fourth-order valence-corrected chi connectivity index (χ4v) is 3.05. The molecule has 1 saturated heterocycles. The molecule has 5 nitrogen and oxygen atoms in total. The van der Waals surface area contributed by atoms with Gasteiger partial charge in [0.1, 0.15) is 12.0 Å². The van der Waals surface area contributed by atoms with Crippen LogP contribution in [0.3, 0.4) is 0 Å². The Labute approximate surface area is 112 Å². The highest BCUT2D eigenvalue weighted by molar-refractivity contribution is 5.92. The topological polar surface area (TPSA) is 48.0 Å². The lowest BCUT2D eigenvalue weighted by Crippen LogP contribution is -2.43. The molecule has 0 saturated carbocycles. The van der Waals surface area contributed by atoms with Gasteiger partial charge in [0.15, 0.2) is 0 Å². The minimum atomic E-state index is -0.387. The summed E-state index contributed by atoms with van der Waals surface area (Å²) in [5.74, 6) is 0.789. The molecule has 0 unspecified atom stereocenters. The molecule has 1 amide bonds. The summed E-state index contributed by atoms with van der Waals surface area (Å²) in [5, 5.41) is 0. The third-order valence-electron chi connectivity index (χ3n) is 4.13. The Morgan fingerprint density at radius 1 is 1.47 bits per heavy atom. The number of nitrogens with zero attached hydrogens (tertiary/aromatic N) is 1. The number of hydrogen-bond donors (Lipinski definition) is 0. The molecule has 2 heterocycles. The van der Waals surface area contributed by atoms with E-state index in [2.05, 4.69) is 6.92 Å². The summed E-state index contributed by atoms with van der Waals surface area (Å²) in [5.41, 5.74) is 1.73. The van der Waals surface area contributed by atoms with E-state index in [1.807, 2.05) is 18.2 Å². The Bertz CT molecular complexity index is 530. The van der Waals surface area contributed by atoms with Crippen molar-refractivity contribution in [3.05, 3.63) is 23.8 Å². The van der Waals surface area contributed by atoms with E-state index in [4.69, 9.17) is 14.2 Å². The summed E-state index contributed by atoms with van der Waals surface area (Å²) in [4.78, 5) is 13.6. The summed E-state index contributed by atoms with van der Waals surface area (Å²) >= 11 is 0. The Balaban J connectivity index is 2.15. The van der Waals surface area contributed by atoms with Crippen LogP contribution in [-0.4, -0.2) is 33.1 Å².